The molecule has 0 aliphatic heterocycles. The van der Waals surface area contributed by atoms with Gasteiger partial charge in [0.1, 0.15) is 12.6 Å². The molecule has 0 bridgehead atoms. The van der Waals surface area contributed by atoms with E-state index in [1.165, 1.54) is 4.90 Å². The van der Waals surface area contributed by atoms with E-state index in [0.717, 1.165) is 54.6 Å². The number of halogens is 2. The van der Waals surface area contributed by atoms with Crippen LogP contribution in [-0.4, -0.2) is 50.0 Å². The first-order chi connectivity index (χ1) is 17.5. The van der Waals surface area contributed by atoms with E-state index < -0.39 is 28.5 Å². The number of nitrogens with one attached hydrogen (secondary N) is 1. The molecule has 2 aromatic carbocycles. The fourth-order valence-electron chi connectivity index (χ4n) is 4.50. The SMILES string of the molecule is CCc1ccc(N(CC(=O)N(Cc2ccc(Cl)c(Cl)c2)C(C)C(=O)NC2CCCCC2)S(C)(=O)=O)cc1. The number of carbonyl (C=O) groups is 2. The molecule has 1 aliphatic carbocycles. The van der Waals surface area contributed by atoms with Crippen LogP contribution in [0.2, 0.25) is 10.0 Å². The molecule has 1 atom stereocenters. The van der Waals surface area contributed by atoms with Crippen LogP contribution < -0.4 is 9.62 Å². The van der Waals surface area contributed by atoms with Gasteiger partial charge >= 0.3 is 0 Å². The van der Waals surface area contributed by atoms with Crippen LogP contribution in [0.1, 0.15) is 57.1 Å². The quantitative estimate of drug-likeness (QED) is 0.428. The molecule has 1 unspecified atom stereocenters. The summed E-state index contributed by atoms with van der Waals surface area (Å²) in [7, 11) is -3.77. The Bertz CT molecular complexity index is 1200. The minimum Gasteiger partial charge on any atom is -0.352 e. The Balaban J connectivity index is 1.88. The predicted molar refractivity (Wildman–Crippen MR) is 149 cm³/mol. The molecule has 0 radical (unpaired) electrons. The smallest absolute Gasteiger partial charge is 0.244 e. The Morgan fingerprint density at radius 3 is 2.19 bits per heavy atom. The summed E-state index contributed by atoms with van der Waals surface area (Å²) in [5.74, 6) is -0.763. The molecule has 0 spiro atoms. The Morgan fingerprint density at radius 1 is 1.00 bits per heavy atom. The summed E-state index contributed by atoms with van der Waals surface area (Å²) in [6.45, 7) is 3.30. The third-order valence-electron chi connectivity index (χ3n) is 6.77. The molecule has 3 rings (SSSR count). The Hall–Kier alpha value is -2.29. The molecule has 2 aromatic rings. The molecule has 0 saturated heterocycles. The lowest BCUT2D eigenvalue weighted by molar-refractivity contribution is -0.139. The van der Waals surface area contributed by atoms with Gasteiger partial charge in [0, 0.05) is 12.6 Å². The minimum atomic E-state index is -3.77. The van der Waals surface area contributed by atoms with E-state index in [1.54, 1.807) is 37.3 Å². The number of carbonyl (C=O) groups excluding carboxylic acids is 2. The molecule has 10 heteroatoms. The summed E-state index contributed by atoms with van der Waals surface area (Å²) in [4.78, 5) is 28.3. The second-order valence-electron chi connectivity index (χ2n) is 9.58. The van der Waals surface area contributed by atoms with Crippen molar-refractivity contribution in [3.8, 4) is 0 Å². The highest BCUT2D eigenvalue weighted by molar-refractivity contribution is 7.92. The summed E-state index contributed by atoms with van der Waals surface area (Å²) in [6, 6.07) is 11.3. The number of nitrogens with zero attached hydrogens (tertiary/aromatic N) is 2. The van der Waals surface area contributed by atoms with Crippen LogP contribution in [0, 0.1) is 0 Å². The van der Waals surface area contributed by atoms with E-state index in [1.807, 2.05) is 19.1 Å². The van der Waals surface area contributed by atoms with Crippen molar-refractivity contribution in [1.29, 1.82) is 0 Å². The van der Waals surface area contributed by atoms with E-state index in [-0.39, 0.29) is 18.5 Å². The molecule has 0 aromatic heterocycles. The number of aryl methyl sites for hydroxylation is 1. The molecule has 7 nitrogen and oxygen atoms in total. The topological polar surface area (TPSA) is 86.8 Å². The lowest BCUT2D eigenvalue weighted by atomic mass is 9.95. The van der Waals surface area contributed by atoms with Crippen LogP contribution in [0.4, 0.5) is 5.69 Å². The van der Waals surface area contributed by atoms with Gasteiger partial charge in [0.2, 0.25) is 21.8 Å². The first-order valence-corrected chi connectivity index (χ1v) is 15.2. The van der Waals surface area contributed by atoms with Gasteiger partial charge in [0.05, 0.1) is 22.0 Å². The van der Waals surface area contributed by atoms with Gasteiger partial charge in [-0.2, -0.15) is 0 Å². The number of benzene rings is 2. The number of sulfonamides is 1. The van der Waals surface area contributed by atoms with E-state index >= 15 is 0 Å². The average molecular weight is 569 g/mol. The number of hydrogen-bond acceptors (Lipinski definition) is 4. The van der Waals surface area contributed by atoms with Crippen LogP contribution in [0.25, 0.3) is 0 Å². The predicted octanol–water partition coefficient (Wildman–Crippen LogP) is 5.19. The zero-order valence-electron chi connectivity index (χ0n) is 21.5. The van der Waals surface area contributed by atoms with Gasteiger partial charge in [-0.15, -0.1) is 0 Å². The molecule has 1 N–H and O–H groups in total. The maximum absolute atomic E-state index is 13.7. The fraction of sp³-hybridized carbons (Fsp3) is 0.481. The van der Waals surface area contributed by atoms with Gasteiger partial charge in [-0.1, -0.05) is 67.6 Å². The molecule has 1 fully saturated rings. The molecule has 202 valence electrons. The highest BCUT2D eigenvalue weighted by Gasteiger charge is 2.31. The van der Waals surface area contributed by atoms with Crippen molar-refractivity contribution in [2.45, 2.75) is 71.0 Å². The molecule has 1 aliphatic rings. The largest absolute Gasteiger partial charge is 0.352 e. The van der Waals surface area contributed by atoms with Gasteiger partial charge in [-0.25, -0.2) is 8.42 Å². The van der Waals surface area contributed by atoms with Gasteiger partial charge in [-0.3, -0.25) is 13.9 Å². The van der Waals surface area contributed by atoms with Crippen LogP contribution in [0.15, 0.2) is 42.5 Å². The van der Waals surface area contributed by atoms with Gasteiger partial charge in [0.15, 0.2) is 0 Å². The number of anilines is 1. The van der Waals surface area contributed by atoms with E-state index in [4.69, 9.17) is 23.2 Å². The lowest BCUT2D eigenvalue weighted by Gasteiger charge is -2.33. The highest BCUT2D eigenvalue weighted by atomic mass is 35.5. The van der Waals surface area contributed by atoms with Crippen LogP contribution in [0.3, 0.4) is 0 Å². The minimum absolute atomic E-state index is 0.0708. The summed E-state index contributed by atoms with van der Waals surface area (Å²) in [6.07, 6.45) is 6.98. The standard InChI is InChI=1S/C27H35Cl2N3O4S/c1-4-20-10-13-23(14-11-20)32(37(3,35)36)18-26(33)31(17-21-12-15-24(28)25(29)16-21)19(2)27(34)30-22-8-6-5-7-9-22/h10-16,19,22H,4-9,17-18H2,1-3H3,(H,30,34). The van der Waals surface area contributed by atoms with Crippen LogP contribution >= 0.6 is 23.2 Å². The van der Waals surface area contributed by atoms with Crippen molar-refractivity contribution in [3.05, 3.63) is 63.6 Å². The zero-order chi connectivity index (χ0) is 27.2. The normalized spacial score (nSPS) is 15.2. The van der Waals surface area contributed by atoms with Crippen molar-refractivity contribution >= 4 is 50.7 Å². The summed E-state index contributed by atoms with van der Waals surface area (Å²) >= 11 is 12.3. The van der Waals surface area contributed by atoms with Crippen molar-refractivity contribution in [2.24, 2.45) is 0 Å². The van der Waals surface area contributed by atoms with Crippen LogP contribution in [0.5, 0.6) is 0 Å². The average Bonchev–Trinajstić information content (AvgIpc) is 2.87. The molecular weight excluding hydrogens is 533 g/mol. The number of hydrogen-bond donors (Lipinski definition) is 1. The third-order valence-corrected chi connectivity index (χ3v) is 8.65. The summed E-state index contributed by atoms with van der Waals surface area (Å²) < 4.78 is 26.5. The number of amides is 2. The molecule has 1 saturated carbocycles. The monoisotopic (exact) mass is 567 g/mol. The van der Waals surface area contributed by atoms with Crippen molar-refractivity contribution in [3.63, 3.8) is 0 Å². The second kappa shape index (κ2) is 13.0. The maximum Gasteiger partial charge on any atom is 0.244 e. The third kappa shape index (κ3) is 8.09. The van der Waals surface area contributed by atoms with Crippen molar-refractivity contribution in [2.75, 3.05) is 17.1 Å². The molecule has 0 heterocycles. The molecular formula is C27H35Cl2N3O4S. The maximum atomic E-state index is 13.7. The van der Waals surface area contributed by atoms with E-state index in [0.29, 0.717) is 21.3 Å². The zero-order valence-corrected chi connectivity index (χ0v) is 23.9. The Morgan fingerprint density at radius 2 is 1.62 bits per heavy atom. The van der Waals surface area contributed by atoms with Crippen LogP contribution in [-0.2, 0) is 32.6 Å². The molecule has 37 heavy (non-hydrogen) atoms. The summed E-state index contributed by atoms with van der Waals surface area (Å²) in [5, 5.41) is 3.79. The lowest BCUT2D eigenvalue weighted by Crippen LogP contribution is -2.52. The van der Waals surface area contributed by atoms with Crippen molar-refractivity contribution < 1.29 is 18.0 Å². The van der Waals surface area contributed by atoms with E-state index in [2.05, 4.69) is 5.32 Å². The first-order valence-electron chi connectivity index (χ1n) is 12.6. The Kier molecular flexibility index (Phi) is 10.3. The fourth-order valence-corrected chi connectivity index (χ4v) is 5.67. The number of rotatable bonds is 10. The van der Waals surface area contributed by atoms with Gasteiger partial charge in [-0.05, 0) is 61.6 Å². The van der Waals surface area contributed by atoms with Gasteiger partial charge in [0.25, 0.3) is 0 Å². The Labute approximate surface area is 230 Å². The molecule has 2 amide bonds. The van der Waals surface area contributed by atoms with Gasteiger partial charge < -0.3 is 10.2 Å². The first kappa shape index (κ1) is 29.3. The van der Waals surface area contributed by atoms with Crippen molar-refractivity contribution in [1.82, 2.24) is 10.2 Å². The highest BCUT2D eigenvalue weighted by Crippen LogP contribution is 2.25. The summed E-state index contributed by atoms with van der Waals surface area (Å²) in [5.41, 5.74) is 2.12. The second-order valence-corrected chi connectivity index (χ2v) is 12.3. The van der Waals surface area contributed by atoms with E-state index in [9.17, 15) is 18.0 Å².